The van der Waals surface area contributed by atoms with Crippen LogP contribution in [0.1, 0.15) is 26.7 Å². The molecule has 1 fully saturated rings. The Kier molecular flexibility index (Phi) is 4.48. The van der Waals surface area contributed by atoms with Crippen LogP contribution in [0.2, 0.25) is 0 Å². The van der Waals surface area contributed by atoms with Gasteiger partial charge in [-0.1, -0.05) is 0 Å². The lowest BCUT2D eigenvalue weighted by Gasteiger charge is -2.35. The van der Waals surface area contributed by atoms with E-state index in [9.17, 15) is 14.4 Å². The number of carboxylic acid groups (broad SMARTS) is 1. The van der Waals surface area contributed by atoms with Crippen molar-refractivity contribution >= 4 is 17.8 Å². The second-order valence-electron chi connectivity index (χ2n) is 4.38. The van der Waals surface area contributed by atoms with Crippen molar-refractivity contribution < 1.29 is 19.5 Å². The maximum atomic E-state index is 11.7. The number of carbonyl (C=O) groups excluding carboxylic acids is 2. The Balaban J connectivity index is 2.48. The van der Waals surface area contributed by atoms with E-state index in [1.165, 1.54) is 9.80 Å². The molecular formula is C11H18N2O4. The topological polar surface area (TPSA) is 77.9 Å². The fourth-order valence-electron chi connectivity index (χ4n) is 1.82. The van der Waals surface area contributed by atoms with E-state index in [4.69, 9.17) is 5.11 Å². The third-order valence-corrected chi connectivity index (χ3v) is 2.78. The molecule has 2 amide bonds. The summed E-state index contributed by atoms with van der Waals surface area (Å²) >= 11 is 0. The first-order chi connectivity index (χ1) is 7.93. The standard InChI is InChI=1S/C11H18N2O4/c1-8(2)13-7-6-12(10(16)11(13)17)5-3-4-9(14)15/h8H,3-7H2,1-2H3,(H,14,15). The molecule has 1 aliphatic rings. The Morgan fingerprint density at radius 2 is 1.94 bits per heavy atom. The van der Waals surface area contributed by atoms with Crippen LogP contribution in [0.25, 0.3) is 0 Å². The van der Waals surface area contributed by atoms with E-state index >= 15 is 0 Å². The van der Waals surface area contributed by atoms with Crippen molar-refractivity contribution in [3.63, 3.8) is 0 Å². The van der Waals surface area contributed by atoms with Gasteiger partial charge in [0.1, 0.15) is 0 Å². The lowest BCUT2D eigenvalue weighted by Crippen LogP contribution is -2.56. The van der Waals surface area contributed by atoms with Crippen molar-refractivity contribution in [3.8, 4) is 0 Å². The normalized spacial score (nSPS) is 16.9. The molecule has 1 aliphatic heterocycles. The third kappa shape index (κ3) is 3.44. The number of rotatable bonds is 5. The minimum Gasteiger partial charge on any atom is -0.481 e. The van der Waals surface area contributed by atoms with Gasteiger partial charge >= 0.3 is 17.8 Å². The van der Waals surface area contributed by atoms with Gasteiger partial charge in [0, 0.05) is 32.1 Å². The number of amides is 2. The number of carbonyl (C=O) groups is 3. The molecule has 6 heteroatoms. The largest absolute Gasteiger partial charge is 0.481 e. The van der Waals surface area contributed by atoms with Gasteiger partial charge in [0.05, 0.1) is 0 Å². The van der Waals surface area contributed by atoms with E-state index in [0.717, 1.165) is 0 Å². The number of hydrogen-bond acceptors (Lipinski definition) is 3. The molecule has 0 aromatic rings. The van der Waals surface area contributed by atoms with Gasteiger partial charge in [0.15, 0.2) is 0 Å². The first-order valence-electron chi connectivity index (χ1n) is 5.75. The lowest BCUT2D eigenvalue weighted by molar-refractivity contribution is -0.157. The molecule has 0 spiro atoms. The van der Waals surface area contributed by atoms with Crippen LogP contribution in [0.3, 0.4) is 0 Å². The SMILES string of the molecule is CC(C)N1CCN(CCCC(=O)O)C(=O)C1=O. The van der Waals surface area contributed by atoms with E-state index in [0.29, 0.717) is 26.1 Å². The number of aliphatic carboxylic acids is 1. The molecule has 0 saturated carbocycles. The average Bonchev–Trinajstić information content (AvgIpc) is 2.23. The van der Waals surface area contributed by atoms with Gasteiger partial charge in [-0.3, -0.25) is 14.4 Å². The van der Waals surface area contributed by atoms with E-state index in [2.05, 4.69) is 0 Å². The van der Waals surface area contributed by atoms with Crippen LogP contribution < -0.4 is 0 Å². The van der Waals surface area contributed by atoms with E-state index < -0.39 is 17.8 Å². The molecule has 96 valence electrons. The summed E-state index contributed by atoms with van der Waals surface area (Å²) in [5, 5.41) is 8.50. The monoisotopic (exact) mass is 242 g/mol. The Morgan fingerprint density at radius 1 is 1.29 bits per heavy atom. The smallest absolute Gasteiger partial charge is 0.312 e. The molecule has 0 aliphatic carbocycles. The van der Waals surface area contributed by atoms with Gasteiger partial charge in [0.25, 0.3) is 0 Å². The summed E-state index contributed by atoms with van der Waals surface area (Å²) in [7, 11) is 0. The van der Waals surface area contributed by atoms with Crippen LogP contribution in [-0.2, 0) is 14.4 Å². The average molecular weight is 242 g/mol. The van der Waals surface area contributed by atoms with Crippen LogP contribution in [0.15, 0.2) is 0 Å². The highest BCUT2D eigenvalue weighted by atomic mass is 16.4. The molecule has 1 rings (SSSR count). The van der Waals surface area contributed by atoms with E-state index in [-0.39, 0.29) is 12.5 Å². The molecule has 1 heterocycles. The van der Waals surface area contributed by atoms with Crippen molar-refractivity contribution in [2.75, 3.05) is 19.6 Å². The highest BCUT2D eigenvalue weighted by Crippen LogP contribution is 2.09. The molecule has 1 saturated heterocycles. The Labute approximate surface area is 100 Å². The predicted molar refractivity (Wildman–Crippen MR) is 60.3 cm³/mol. The van der Waals surface area contributed by atoms with Crippen LogP contribution in [0, 0.1) is 0 Å². The summed E-state index contributed by atoms with van der Waals surface area (Å²) in [6, 6.07) is 0.0209. The number of piperazine rings is 1. The van der Waals surface area contributed by atoms with E-state index in [1.807, 2.05) is 13.8 Å². The Hall–Kier alpha value is -1.59. The number of nitrogens with zero attached hydrogens (tertiary/aromatic N) is 2. The van der Waals surface area contributed by atoms with Crippen molar-refractivity contribution in [2.24, 2.45) is 0 Å². The van der Waals surface area contributed by atoms with Crippen LogP contribution in [-0.4, -0.2) is 58.4 Å². The summed E-state index contributed by atoms with van der Waals surface area (Å²) in [5.74, 6) is -1.89. The highest BCUT2D eigenvalue weighted by molar-refractivity contribution is 6.35. The van der Waals surface area contributed by atoms with Gasteiger partial charge in [-0.2, -0.15) is 0 Å². The fourth-order valence-corrected chi connectivity index (χ4v) is 1.82. The quantitative estimate of drug-likeness (QED) is 0.684. The second-order valence-corrected chi connectivity index (χ2v) is 4.38. The van der Waals surface area contributed by atoms with Gasteiger partial charge in [-0.05, 0) is 20.3 Å². The molecule has 0 radical (unpaired) electrons. The maximum Gasteiger partial charge on any atom is 0.312 e. The lowest BCUT2D eigenvalue weighted by atomic mass is 10.2. The zero-order chi connectivity index (χ0) is 13.0. The minimum atomic E-state index is -0.885. The summed E-state index contributed by atoms with van der Waals surface area (Å²) in [6.07, 6.45) is 0.405. The molecular weight excluding hydrogens is 224 g/mol. The molecule has 1 N–H and O–H groups in total. The fraction of sp³-hybridized carbons (Fsp3) is 0.727. The predicted octanol–water partition coefficient (Wildman–Crippen LogP) is -0.0696. The van der Waals surface area contributed by atoms with Crippen LogP contribution in [0.5, 0.6) is 0 Å². The zero-order valence-corrected chi connectivity index (χ0v) is 10.2. The summed E-state index contributed by atoms with van der Waals surface area (Å²) in [6.45, 7) is 5.08. The van der Waals surface area contributed by atoms with Crippen molar-refractivity contribution in [1.82, 2.24) is 9.80 Å². The van der Waals surface area contributed by atoms with Crippen molar-refractivity contribution in [3.05, 3.63) is 0 Å². The van der Waals surface area contributed by atoms with E-state index in [1.54, 1.807) is 0 Å². The molecule has 0 atom stereocenters. The minimum absolute atomic E-state index is 0.0197. The summed E-state index contributed by atoms with van der Waals surface area (Å²) in [4.78, 5) is 36.7. The third-order valence-electron chi connectivity index (χ3n) is 2.78. The van der Waals surface area contributed by atoms with Gasteiger partial charge in [-0.15, -0.1) is 0 Å². The first kappa shape index (κ1) is 13.5. The zero-order valence-electron chi connectivity index (χ0n) is 10.2. The van der Waals surface area contributed by atoms with Crippen molar-refractivity contribution in [1.29, 1.82) is 0 Å². The summed E-state index contributed by atoms with van der Waals surface area (Å²) in [5.41, 5.74) is 0. The molecule has 0 bridgehead atoms. The molecule has 6 nitrogen and oxygen atoms in total. The number of hydrogen-bond donors (Lipinski definition) is 1. The van der Waals surface area contributed by atoms with Gasteiger partial charge in [-0.25, -0.2) is 0 Å². The molecule has 0 unspecified atom stereocenters. The highest BCUT2D eigenvalue weighted by Gasteiger charge is 2.33. The van der Waals surface area contributed by atoms with Crippen LogP contribution >= 0.6 is 0 Å². The molecule has 17 heavy (non-hydrogen) atoms. The first-order valence-corrected chi connectivity index (χ1v) is 5.75. The Bertz CT molecular complexity index is 327. The number of carboxylic acids is 1. The summed E-state index contributed by atoms with van der Waals surface area (Å²) < 4.78 is 0. The van der Waals surface area contributed by atoms with Gasteiger partial charge < -0.3 is 14.9 Å². The Morgan fingerprint density at radius 3 is 2.47 bits per heavy atom. The van der Waals surface area contributed by atoms with Crippen molar-refractivity contribution in [2.45, 2.75) is 32.7 Å². The molecule has 0 aromatic heterocycles. The second kappa shape index (κ2) is 5.65. The molecule has 0 aromatic carbocycles. The van der Waals surface area contributed by atoms with Gasteiger partial charge in [0.2, 0.25) is 0 Å². The van der Waals surface area contributed by atoms with Crippen LogP contribution in [0.4, 0.5) is 0 Å². The maximum absolute atomic E-state index is 11.7.